The number of rotatable bonds is 8. The molecule has 1 aliphatic heterocycles. The zero-order valence-electron chi connectivity index (χ0n) is 17.5. The molecule has 0 amide bonds. The maximum absolute atomic E-state index is 13.6. The van der Waals surface area contributed by atoms with Crippen LogP contribution in [-0.2, 0) is 23.9 Å². The molecular formula is C20H24ClFN4O7. The number of ether oxygens (including phenoxy) is 2. The SMILES string of the molecule is CC(=O)OC[C@@H]1OC(N)[C@H](CC(=O)O)[C@@H](n2cc(-c3cccc(F)c3)nn2)[C@H]1CC(=O)O.Cl. The maximum atomic E-state index is 13.6. The Labute approximate surface area is 194 Å². The van der Waals surface area contributed by atoms with Gasteiger partial charge in [-0.25, -0.2) is 9.07 Å². The normalized spacial score (nSPS) is 24.5. The number of hydrogen-bond acceptors (Lipinski definition) is 8. The fourth-order valence-corrected chi connectivity index (χ4v) is 3.99. The highest BCUT2D eigenvalue weighted by molar-refractivity contribution is 5.85. The van der Waals surface area contributed by atoms with Crippen molar-refractivity contribution in [2.45, 2.75) is 38.1 Å². The fourth-order valence-electron chi connectivity index (χ4n) is 3.99. The first-order valence-corrected chi connectivity index (χ1v) is 9.81. The van der Waals surface area contributed by atoms with E-state index in [-0.39, 0.29) is 19.0 Å². The average molecular weight is 487 g/mol. The number of halogens is 2. The summed E-state index contributed by atoms with van der Waals surface area (Å²) >= 11 is 0. The Bertz CT molecular complexity index is 1000. The van der Waals surface area contributed by atoms with Crippen LogP contribution in [0.3, 0.4) is 0 Å². The second-order valence-electron chi connectivity index (χ2n) is 7.55. The summed E-state index contributed by atoms with van der Waals surface area (Å²) in [5.74, 6) is -5.07. The topological polar surface area (TPSA) is 167 Å². The Morgan fingerprint density at radius 2 is 1.88 bits per heavy atom. The molecule has 5 atom stereocenters. The van der Waals surface area contributed by atoms with Crippen LogP contribution in [0.5, 0.6) is 0 Å². The first kappa shape index (κ1) is 26.2. The molecule has 1 aliphatic rings. The summed E-state index contributed by atoms with van der Waals surface area (Å²) in [6.07, 6.45) is -1.37. The zero-order valence-corrected chi connectivity index (χ0v) is 18.4. The Morgan fingerprint density at radius 3 is 2.48 bits per heavy atom. The van der Waals surface area contributed by atoms with Crippen molar-refractivity contribution >= 4 is 30.3 Å². The van der Waals surface area contributed by atoms with E-state index in [1.807, 2.05) is 0 Å². The molecule has 2 aromatic rings. The quantitative estimate of drug-likeness (QED) is 0.465. The molecular weight excluding hydrogens is 463 g/mol. The number of benzene rings is 1. The van der Waals surface area contributed by atoms with Gasteiger partial charge >= 0.3 is 17.9 Å². The number of carboxylic acid groups (broad SMARTS) is 2. The summed E-state index contributed by atoms with van der Waals surface area (Å²) in [6, 6.07) is 4.82. The monoisotopic (exact) mass is 486 g/mol. The lowest BCUT2D eigenvalue weighted by molar-refractivity contribution is -0.180. The third-order valence-electron chi connectivity index (χ3n) is 5.32. The van der Waals surface area contributed by atoms with Crippen LogP contribution < -0.4 is 5.73 Å². The van der Waals surface area contributed by atoms with Gasteiger partial charge in [-0.15, -0.1) is 17.5 Å². The maximum Gasteiger partial charge on any atom is 0.303 e. The highest BCUT2D eigenvalue weighted by Crippen LogP contribution is 2.41. The van der Waals surface area contributed by atoms with Crippen molar-refractivity contribution in [2.24, 2.45) is 17.6 Å². The summed E-state index contributed by atoms with van der Waals surface area (Å²) in [6.45, 7) is 0.936. The number of aromatic nitrogens is 3. The van der Waals surface area contributed by atoms with Crippen molar-refractivity contribution in [1.82, 2.24) is 15.0 Å². The number of esters is 1. The van der Waals surface area contributed by atoms with Gasteiger partial charge in [0.2, 0.25) is 0 Å². The molecule has 11 nitrogen and oxygen atoms in total. The third-order valence-corrected chi connectivity index (χ3v) is 5.32. The Hall–Kier alpha value is -3.09. The molecule has 180 valence electrons. The van der Waals surface area contributed by atoms with Gasteiger partial charge in [0.1, 0.15) is 24.3 Å². The van der Waals surface area contributed by atoms with Crippen LogP contribution in [0.2, 0.25) is 0 Å². The van der Waals surface area contributed by atoms with E-state index >= 15 is 0 Å². The van der Waals surface area contributed by atoms with E-state index in [0.29, 0.717) is 11.3 Å². The highest BCUT2D eigenvalue weighted by atomic mass is 35.5. The molecule has 1 aromatic carbocycles. The van der Waals surface area contributed by atoms with Crippen LogP contribution in [0.15, 0.2) is 30.5 Å². The van der Waals surface area contributed by atoms with Crippen LogP contribution in [0.25, 0.3) is 11.3 Å². The molecule has 0 bridgehead atoms. The average Bonchev–Trinajstić information content (AvgIpc) is 3.18. The van der Waals surface area contributed by atoms with Gasteiger partial charge in [0.05, 0.1) is 31.2 Å². The van der Waals surface area contributed by atoms with Crippen molar-refractivity contribution in [3.63, 3.8) is 0 Å². The molecule has 0 aliphatic carbocycles. The van der Waals surface area contributed by atoms with Gasteiger partial charge in [0, 0.05) is 24.3 Å². The number of hydrogen-bond donors (Lipinski definition) is 3. The molecule has 1 aromatic heterocycles. The number of aliphatic carboxylic acids is 2. The number of nitrogens with two attached hydrogens (primary N) is 1. The molecule has 0 saturated carbocycles. The summed E-state index contributed by atoms with van der Waals surface area (Å²) in [7, 11) is 0. The van der Waals surface area contributed by atoms with Gasteiger partial charge in [-0.05, 0) is 12.1 Å². The lowest BCUT2D eigenvalue weighted by Gasteiger charge is -2.44. The third kappa shape index (κ3) is 6.46. The Kier molecular flexibility index (Phi) is 8.85. The Balaban J connectivity index is 0.00000385. The molecule has 1 unspecified atom stereocenters. The largest absolute Gasteiger partial charge is 0.481 e. The number of carbonyl (C=O) groups excluding carboxylic acids is 1. The molecule has 1 saturated heterocycles. The van der Waals surface area contributed by atoms with E-state index in [4.69, 9.17) is 15.2 Å². The minimum atomic E-state index is -1.16. The van der Waals surface area contributed by atoms with E-state index in [1.165, 1.54) is 36.0 Å². The van der Waals surface area contributed by atoms with Crippen LogP contribution in [0.1, 0.15) is 25.8 Å². The van der Waals surface area contributed by atoms with Gasteiger partial charge in [0.25, 0.3) is 0 Å². The lowest BCUT2D eigenvalue weighted by Crippen LogP contribution is -2.54. The molecule has 1 fully saturated rings. The van der Waals surface area contributed by atoms with Crippen molar-refractivity contribution in [1.29, 1.82) is 0 Å². The number of nitrogens with zero attached hydrogens (tertiary/aromatic N) is 3. The standard InChI is InChI=1S/C20H23FN4O7.ClH/c1-10(26)31-9-16-13(6-17(27)28)19(14(7-18(29)30)20(22)32-16)25-8-15(23-24-25)11-3-2-4-12(21)5-11;/h2-5,8,13-14,16,19-20H,6-7,9,22H2,1H3,(H,27,28)(H,29,30);1H/t13-,14+,16-,19-,20?;/m0./s1. The Morgan fingerprint density at radius 1 is 1.21 bits per heavy atom. The van der Waals surface area contributed by atoms with Crippen LogP contribution >= 0.6 is 12.4 Å². The van der Waals surface area contributed by atoms with Crippen molar-refractivity contribution in [2.75, 3.05) is 6.61 Å². The van der Waals surface area contributed by atoms with Crippen LogP contribution in [0, 0.1) is 17.7 Å². The molecule has 33 heavy (non-hydrogen) atoms. The summed E-state index contributed by atoms with van der Waals surface area (Å²) in [4.78, 5) is 34.4. The molecule has 13 heteroatoms. The summed E-state index contributed by atoms with van der Waals surface area (Å²) in [5, 5.41) is 27.0. The van der Waals surface area contributed by atoms with E-state index in [9.17, 15) is 29.0 Å². The predicted octanol–water partition coefficient (Wildman–Crippen LogP) is 1.48. The molecule has 3 rings (SSSR count). The van der Waals surface area contributed by atoms with Crippen LogP contribution in [-0.4, -0.2) is 62.1 Å². The summed E-state index contributed by atoms with van der Waals surface area (Å²) < 4.78 is 25.7. The second-order valence-corrected chi connectivity index (χ2v) is 7.55. The number of carbonyl (C=O) groups is 3. The minimum absolute atomic E-state index is 0. The van der Waals surface area contributed by atoms with Crippen molar-refractivity contribution in [3.05, 3.63) is 36.3 Å². The predicted molar refractivity (Wildman–Crippen MR) is 113 cm³/mol. The van der Waals surface area contributed by atoms with Crippen molar-refractivity contribution in [3.8, 4) is 11.3 Å². The van der Waals surface area contributed by atoms with Gasteiger partial charge in [-0.2, -0.15) is 0 Å². The van der Waals surface area contributed by atoms with Crippen molar-refractivity contribution < 1.29 is 38.5 Å². The smallest absolute Gasteiger partial charge is 0.303 e. The lowest BCUT2D eigenvalue weighted by atomic mass is 9.77. The van der Waals surface area contributed by atoms with Gasteiger partial charge in [-0.3, -0.25) is 14.4 Å². The fraction of sp³-hybridized carbons (Fsp3) is 0.450. The first-order valence-electron chi connectivity index (χ1n) is 9.81. The van der Waals surface area contributed by atoms with Gasteiger partial charge in [0.15, 0.2) is 0 Å². The highest BCUT2D eigenvalue weighted by Gasteiger charge is 2.48. The minimum Gasteiger partial charge on any atom is -0.481 e. The van der Waals surface area contributed by atoms with Gasteiger partial charge < -0.3 is 25.4 Å². The molecule has 0 radical (unpaired) electrons. The van der Waals surface area contributed by atoms with E-state index in [1.54, 1.807) is 6.07 Å². The van der Waals surface area contributed by atoms with E-state index < -0.39 is 66.8 Å². The second kappa shape index (κ2) is 11.2. The zero-order chi connectivity index (χ0) is 23.4. The van der Waals surface area contributed by atoms with Gasteiger partial charge in [-0.1, -0.05) is 17.3 Å². The first-order chi connectivity index (χ1) is 15.2. The molecule has 4 N–H and O–H groups in total. The van der Waals surface area contributed by atoms with E-state index in [2.05, 4.69) is 10.3 Å². The molecule has 0 spiro atoms. The number of carboxylic acids is 2. The van der Waals surface area contributed by atoms with Crippen LogP contribution in [0.4, 0.5) is 4.39 Å². The summed E-state index contributed by atoms with van der Waals surface area (Å²) in [5.41, 5.74) is 6.85. The van der Waals surface area contributed by atoms with E-state index in [0.717, 1.165) is 0 Å². The molecule has 2 heterocycles.